The Labute approximate surface area is 83.5 Å². The zero-order valence-corrected chi connectivity index (χ0v) is 8.54. The lowest BCUT2D eigenvalue weighted by molar-refractivity contribution is -0.385. The van der Waals surface area contributed by atoms with Crippen LogP contribution in [0, 0.1) is 17.0 Å². The van der Waals surface area contributed by atoms with Crippen molar-refractivity contribution in [2.24, 2.45) is 0 Å². The lowest BCUT2D eigenvalue weighted by Crippen LogP contribution is -1.94. The molecular formula is C8H8BrNO3. The van der Waals surface area contributed by atoms with Crippen molar-refractivity contribution in [2.45, 2.75) is 13.5 Å². The van der Waals surface area contributed by atoms with Crippen molar-refractivity contribution in [3.8, 4) is 0 Å². The predicted octanol–water partition coefficient (Wildman–Crippen LogP) is 2.16. The van der Waals surface area contributed by atoms with Gasteiger partial charge in [-0.05, 0) is 18.1 Å². The molecular weight excluding hydrogens is 238 g/mol. The van der Waals surface area contributed by atoms with Crippen LogP contribution in [0.15, 0.2) is 16.6 Å². The zero-order valence-electron chi connectivity index (χ0n) is 6.95. The van der Waals surface area contributed by atoms with E-state index >= 15 is 0 Å². The highest BCUT2D eigenvalue weighted by Gasteiger charge is 2.11. The van der Waals surface area contributed by atoms with Gasteiger partial charge < -0.3 is 5.11 Å². The van der Waals surface area contributed by atoms with Crippen LogP contribution in [0.2, 0.25) is 0 Å². The minimum absolute atomic E-state index is 0.0125. The summed E-state index contributed by atoms with van der Waals surface area (Å²) < 4.78 is 0.644. The monoisotopic (exact) mass is 245 g/mol. The first-order valence-corrected chi connectivity index (χ1v) is 4.40. The average molecular weight is 246 g/mol. The summed E-state index contributed by atoms with van der Waals surface area (Å²) in [6.45, 7) is 1.60. The summed E-state index contributed by atoms with van der Waals surface area (Å²) in [7, 11) is 0. The summed E-state index contributed by atoms with van der Waals surface area (Å²) in [5.41, 5.74) is 1.38. The van der Waals surface area contributed by atoms with Crippen molar-refractivity contribution < 1.29 is 10.0 Å². The molecule has 0 unspecified atom stereocenters. The fraction of sp³-hybridized carbons (Fsp3) is 0.250. The van der Waals surface area contributed by atoms with Gasteiger partial charge in [0.15, 0.2) is 0 Å². The van der Waals surface area contributed by atoms with E-state index in [0.717, 1.165) is 5.56 Å². The summed E-state index contributed by atoms with van der Waals surface area (Å²) in [6.07, 6.45) is 0. The molecule has 5 heteroatoms. The van der Waals surface area contributed by atoms with E-state index in [4.69, 9.17) is 5.11 Å². The largest absolute Gasteiger partial charge is 0.392 e. The van der Waals surface area contributed by atoms with E-state index in [0.29, 0.717) is 10.0 Å². The highest BCUT2D eigenvalue weighted by molar-refractivity contribution is 9.10. The first-order chi connectivity index (χ1) is 6.06. The molecule has 1 aromatic rings. The number of nitro groups is 1. The molecule has 0 amide bonds. The number of nitro benzene ring substituents is 1. The topological polar surface area (TPSA) is 63.4 Å². The first-order valence-electron chi connectivity index (χ1n) is 3.60. The van der Waals surface area contributed by atoms with Crippen LogP contribution in [0.5, 0.6) is 0 Å². The normalized spacial score (nSPS) is 10.1. The SMILES string of the molecule is Cc1c(Br)cc([N+](=O)[O-])cc1CO. The van der Waals surface area contributed by atoms with Crippen LogP contribution in [-0.2, 0) is 6.61 Å². The number of hydrogen-bond acceptors (Lipinski definition) is 3. The second-order valence-electron chi connectivity index (χ2n) is 2.63. The maximum atomic E-state index is 10.4. The van der Waals surface area contributed by atoms with Crippen LogP contribution < -0.4 is 0 Å². The fourth-order valence-corrected chi connectivity index (χ4v) is 1.48. The number of benzene rings is 1. The minimum atomic E-state index is -0.483. The van der Waals surface area contributed by atoms with Crippen LogP contribution in [-0.4, -0.2) is 10.0 Å². The molecule has 0 aromatic heterocycles. The molecule has 4 nitrogen and oxygen atoms in total. The summed E-state index contributed by atoms with van der Waals surface area (Å²) in [6, 6.07) is 2.80. The van der Waals surface area contributed by atoms with Gasteiger partial charge in [0, 0.05) is 16.6 Å². The molecule has 1 rings (SSSR count). The van der Waals surface area contributed by atoms with Gasteiger partial charge in [0.1, 0.15) is 0 Å². The number of aliphatic hydroxyl groups is 1. The van der Waals surface area contributed by atoms with Gasteiger partial charge in [-0.2, -0.15) is 0 Å². The Bertz CT molecular complexity index is 351. The van der Waals surface area contributed by atoms with Crippen molar-refractivity contribution >= 4 is 21.6 Å². The van der Waals surface area contributed by atoms with Gasteiger partial charge in [0.25, 0.3) is 5.69 Å². The second kappa shape index (κ2) is 3.85. The molecule has 1 N–H and O–H groups in total. The van der Waals surface area contributed by atoms with Gasteiger partial charge in [-0.25, -0.2) is 0 Å². The van der Waals surface area contributed by atoms with E-state index in [-0.39, 0.29) is 12.3 Å². The highest BCUT2D eigenvalue weighted by atomic mass is 79.9. The van der Waals surface area contributed by atoms with Crippen LogP contribution in [0.1, 0.15) is 11.1 Å². The number of hydrogen-bond donors (Lipinski definition) is 1. The van der Waals surface area contributed by atoms with Gasteiger partial charge in [0.05, 0.1) is 11.5 Å². The van der Waals surface area contributed by atoms with Crippen molar-refractivity contribution in [3.05, 3.63) is 37.8 Å². The molecule has 0 aliphatic rings. The van der Waals surface area contributed by atoms with Crippen molar-refractivity contribution in [2.75, 3.05) is 0 Å². The van der Waals surface area contributed by atoms with E-state index in [1.807, 2.05) is 0 Å². The van der Waals surface area contributed by atoms with E-state index in [1.165, 1.54) is 12.1 Å². The van der Waals surface area contributed by atoms with Crippen LogP contribution in [0.4, 0.5) is 5.69 Å². The summed E-state index contributed by atoms with van der Waals surface area (Å²) >= 11 is 3.19. The van der Waals surface area contributed by atoms with E-state index in [2.05, 4.69) is 15.9 Å². The summed E-state index contributed by atoms with van der Waals surface area (Å²) in [4.78, 5) is 9.95. The fourth-order valence-electron chi connectivity index (χ4n) is 0.990. The number of nitrogens with zero attached hydrogens (tertiary/aromatic N) is 1. The van der Waals surface area contributed by atoms with E-state index in [9.17, 15) is 10.1 Å². The molecule has 0 spiro atoms. The first kappa shape index (κ1) is 10.1. The Balaban J connectivity index is 3.30. The number of rotatable bonds is 2. The van der Waals surface area contributed by atoms with Crippen molar-refractivity contribution in [1.29, 1.82) is 0 Å². The third kappa shape index (κ3) is 2.05. The Morgan fingerprint density at radius 3 is 2.69 bits per heavy atom. The molecule has 0 saturated carbocycles. The average Bonchev–Trinajstić information content (AvgIpc) is 2.09. The highest BCUT2D eigenvalue weighted by Crippen LogP contribution is 2.26. The lowest BCUT2D eigenvalue weighted by Gasteiger charge is -2.04. The van der Waals surface area contributed by atoms with Gasteiger partial charge in [-0.1, -0.05) is 15.9 Å². The molecule has 0 bridgehead atoms. The van der Waals surface area contributed by atoms with E-state index < -0.39 is 4.92 Å². The number of non-ortho nitro benzene ring substituents is 1. The summed E-state index contributed by atoms with van der Waals surface area (Å²) in [5, 5.41) is 19.3. The quantitative estimate of drug-likeness (QED) is 0.642. The lowest BCUT2D eigenvalue weighted by atomic mass is 10.1. The van der Waals surface area contributed by atoms with Crippen LogP contribution in [0.3, 0.4) is 0 Å². The van der Waals surface area contributed by atoms with Crippen LogP contribution >= 0.6 is 15.9 Å². The molecule has 1 aromatic carbocycles. The standard InChI is InChI=1S/C8H8BrNO3/c1-5-6(4-11)2-7(10(12)13)3-8(5)9/h2-3,11H,4H2,1H3. The Kier molecular flexibility index (Phi) is 3.00. The second-order valence-corrected chi connectivity index (χ2v) is 3.48. The molecule has 70 valence electrons. The Morgan fingerprint density at radius 2 is 2.23 bits per heavy atom. The number of halogens is 1. The molecule has 0 heterocycles. The van der Waals surface area contributed by atoms with Gasteiger partial charge in [-0.3, -0.25) is 10.1 Å². The third-order valence-corrected chi connectivity index (χ3v) is 2.64. The molecule has 0 saturated heterocycles. The third-order valence-electron chi connectivity index (χ3n) is 1.82. The maximum absolute atomic E-state index is 10.4. The smallest absolute Gasteiger partial charge is 0.270 e. The maximum Gasteiger partial charge on any atom is 0.270 e. The van der Waals surface area contributed by atoms with E-state index in [1.54, 1.807) is 6.92 Å². The zero-order chi connectivity index (χ0) is 10.0. The molecule has 0 atom stereocenters. The van der Waals surface area contributed by atoms with Crippen LogP contribution in [0.25, 0.3) is 0 Å². The Morgan fingerprint density at radius 1 is 1.62 bits per heavy atom. The summed E-state index contributed by atoms with van der Waals surface area (Å²) in [5.74, 6) is 0. The van der Waals surface area contributed by atoms with Gasteiger partial charge >= 0.3 is 0 Å². The van der Waals surface area contributed by atoms with Gasteiger partial charge in [0.2, 0.25) is 0 Å². The minimum Gasteiger partial charge on any atom is -0.392 e. The Hall–Kier alpha value is -0.940. The predicted molar refractivity (Wildman–Crippen MR) is 51.5 cm³/mol. The number of aliphatic hydroxyl groups excluding tert-OH is 1. The molecule has 0 aliphatic carbocycles. The molecule has 0 fully saturated rings. The van der Waals surface area contributed by atoms with Crippen molar-refractivity contribution in [3.63, 3.8) is 0 Å². The molecule has 0 radical (unpaired) electrons. The van der Waals surface area contributed by atoms with Gasteiger partial charge in [-0.15, -0.1) is 0 Å². The molecule has 13 heavy (non-hydrogen) atoms. The molecule has 0 aliphatic heterocycles. The van der Waals surface area contributed by atoms with Crippen molar-refractivity contribution in [1.82, 2.24) is 0 Å².